The molecule has 0 spiro atoms. The van der Waals surface area contributed by atoms with E-state index in [1.54, 1.807) is 12.1 Å². The summed E-state index contributed by atoms with van der Waals surface area (Å²) in [5, 5.41) is 7.87. The molecule has 1 aromatic heterocycles. The molecule has 0 bridgehead atoms. The number of amides is 1. The molecule has 3 N–H and O–H groups in total. The molecule has 0 radical (unpaired) electrons. The van der Waals surface area contributed by atoms with E-state index in [-0.39, 0.29) is 5.91 Å². The molecule has 1 amide bonds. The van der Waals surface area contributed by atoms with Crippen molar-refractivity contribution in [1.29, 1.82) is 0 Å². The quantitative estimate of drug-likeness (QED) is 0.757. The Morgan fingerprint density at radius 3 is 3.00 bits per heavy atom. The number of nitrogen functional groups attached to an aromatic ring is 1. The van der Waals surface area contributed by atoms with Crippen LogP contribution in [-0.2, 0) is 0 Å². The van der Waals surface area contributed by atoms with Gasteiger partial charge in [0.25, 0.3) is 5.91 Å². The molecular formula is C14H19N5O. The minimum atomic E-state index is -0.0165. The summed E-state index contributed by atoms with van der Waals surface area (Å²) in [6.45, 7) is 3.44. The van der Waals surface area contributed by atoms with Gasteiger partial charge in [0.1, 0.15) is 0 Å². The number of anilines is 1. The summed E-state index contributed by atoms with van der Waals surface area (Å²) in [6, 6.07) is 5.45. The van der Waals surface area contributed by atoms with Crippen molar-refractivity contribution in [2.24, 2.45) is 0 Å². The fraction of sp³-hybridized carbons (Fsp3) is 0.429. The van der Waals surface area contributed by atoms with E-state index in [2.05, 4.69) is 22.1 Å². The van der Waals surface area contributed by atoms with Crippen LogP contribution < -0.4 is 5.73 Å². The van der Waals surface area contributed by atoms with E-state index in [1.165, 1.54) is 0 Å². The monoisotopic (exact) mass is 273 g/mol. The van der Waals surface area contributed by atoms with E-state index in [4.69, 9.17) is 5.73 Å². The summed E-state index contributed by atoms with van der Waals surface area (Å²) in [4.78, 5) is 16.8. The first-order valence-electron chi connectivity index (χ1n) is 6.86. The van der Waals surface area contributed by atoms with Gasteiger partial charge in [-0.05, 0) is 38.2 Å². The molecule has 1 saturated heterocycles. The zero-order valence-corrected chi connectivity index (χ0v) is 11.6. The molecule has 106 valence electrons. The van der Waals surface area contributed by atoms with Gasteiger partial charge in [-0.25, -0.2) is 0 Å². The van der Waals surface area contributed by atoms with Crippen LogP contribution in [0.2, 0.25) is 0 Å². The molecular weight excluding hydrogens is 254 g/mol. The van der Waals surface area contributed by atoms with Crippen LogP contribution >= 0.6 is 0 Å². The predicted octanol–water partition coefficient (Wildman–Crippen LogP) is 0.923. The lowest BCUT2D eigenvalue weighted by atomic mass is 10.1. The maximum atomic E-state index is 12.6. The Kier molecular flexibility index (Phi) is 3.31. The third kappa shape index (κ3) is 2.34. The Balaban J connectivity index is 1.90. The molecule has 0 unspecified atom stereocenters. The van der Waals surface area contributed by atoms with Gasteiger partial charge in [0.05, 0.1) is 5.52 Å². The van der Waals surface area contributed by atoms with E-state index in [0.29, 0.717) is 11.4 Å². The summed E-state index contributed by atoms with van der Waals surface area (Å²) in [6.07, 6.45) is 0.993. The fourth-order valence-corrected chi connectivity index (χ4v) is 2.59. The van der Waals surface area contributed by atoms with Crippen LogP contribution in [0.5, 0.6) is 0 Å². The van der Waals surface area contributed by atoms with Gasteiger partial charge in [0, 0.05) is 30.7 Å². The van der Waals surface area contributed by atoms with E-state index in [1.807, 2.05) is 11.0 Å². The second-order valence-corrected chi connectivity index (χ2v) is 5.33. The van der Waals surface area contributed by atoms with E-state index < -0.39 is 0 Å². The third-order valence-electron chi connectivity index (χ3n) is 3.80. The molecule has 1 aliphatic heterocycles. The second-order valence-electron chi connectivity index (χ2n) is 5.33. The molecule has 2 aromatic rings. The molecule has 20 heavy (non-hydrogen) atoms. The smallest absolute Gasteiger partial charge is 0.275 e. The number of H-pyrrole nitrogens is 1. The highest BCUT2D eigenvalue weighted by Gasteiger charge is 2.22. The van der Waals surface area contributed by atoms with Gasteiger partial charge in [-0.1, -0.05) is 0 Å². The molecule has 1 aromatic carbocycles. The highest BCUT2D eigenvalue weighted by molar-refractivity contribution is 6.05. The van der Waals surface area contributed by atoms with Crippen molar-refractivity contribution < 1.29 is 4.79 Å². The fourth-order valence-electron chi connectivity index (χ4n) is 2.59. The molecule has 6 heteroatoms. The maximum absolute atomic E-state index is 12.6. The number of rotatable bonds is 1. The number of fused-ring (bicyclic) bond motifs is 1. The van der Waals surface area contributed by atoms with Crippen molar-refractivity contribution in [2.45, 2.75) is 6.42 Å². The summed E-state index contributed by atoms with van der Waals surface area (Å²) in [5.41, 5.74) is 7.75. The Bertz CT molecular complexity index is 636. The topological polar surface area (TPSA) is 78.2 Å². The van der Waals surface area contributed by atoms with Gasteiger partial charge in [-0.3, -0.25) is 9.89 Å². The van der Waals surface area contributed by atoms with Crippen LogP contribution in [0.25, 0.3) is 10.9 Å². The van der Waals surface area contributed by atoms with Crippen molar-refractivity contribution in [1.82, 2.24) is 20.0 Å². The molecule has 0 saturated carbocycles. The minimum absolute atomic E-state index is 0.0165. The number of carbonyl (C=O) groups is 1. The SMILES string of the molecule is CN1CCCN(C(=O)c2n[nH]c3ccc(N)cc23)CC1. The number of hydrogen-bond acceptors (Lipinski definition) is 4. The average molecular weight is 273 g/mol. The first kappa shape index (κ1) is 12.9. The summed E-state index contributed by atoms with van der Waals surface area (Å²) >= 11 is 0. The minimum Gasteiger partial charge on any atom is -0.399 e. The number of nitrogens with two attached hydrogens (primary N) is 1. The van der Waals surface area contributed by atoms with Crippen molar-refractivity contribution in [3.8, 4) is 0 Å². The summed E-state index contributed by atoms with van der Waals surface area (Å²) in [5.74, 6) is -0.0165. The first-order chi connectivity index (χ1) is 9.65. The number of hydrogen-bond donors (Lipinski definition) is 2. The molecule has 3 rings (SSSR count). The van der Waals surface area contributed by atoms with Crippen LogP contribution in [0, 0.1) is 0 Å². The highest BCUT2D eigenvalue weighted by atomic mass is 16.2. The normalized spacial score (nSPS) is 17.4. The number of nitrogens with zero attached hydrogens (tertiary/aromatic N) is 3. The Hall–Kier alpha value is -2.08. The zero-order valence-electron chi connectivity index (χ0n) is 11.6. The number of nitrogens with one attached hydrogen (secondary N) is 1. The Labute approximate surface area is 117 Å². The molecule has 6 nitrogen and oxygen atoms in total. The van der Waals surface area contributed by atoms with Crippen LogP contribution in [0.15, 0.2) is 18.2 Å². The Morgan fingerprint density at radius 1 is 1.30 bits per heavy atom. The molecule has 0 aliphatic carbocycles. The van der Waals surface area contributed by atoms with E-state index in [0.717, 1.165) is 43.5 Å². The number of carbonyl (C=O) groups excluding carboxylic acids is 1. The van der Waals surface area contributed by atoms with Gasteiger partial charge >= 0.3 is 0 Å². The van der Waals surface area contributed by atoms with Gasteiger partial charge in [-0.15, -0.1) is 0 Å². The number of aromatic nitrogens is 2. The maximum Gasteiger partial charge on any atom is 0.275 e. The summed E-state index contributed by atoms with van der Waals surface area (Å²) < 4.78 is 0. The zero-order chi connectivity index (χ0) is 14.1. The van der Waals surface area contributed by atoms with Gasteiger partial charge < -0.3 is 15.5 Å². The average Bonchev–Trinajstić information content (AvgIpc) is 2.72. The van der Waals surface area contributed by atoms with Crippen molar-refractivity contribution in [3.63, 3.8) is 0 Å². The number of aromatic amines is 1. The highest BCUT2D eigenvalue weighted by Crippen LogP contribution is 2.20. The van der Waals surface area contributed by atoms with E-state index in [9.17, 15) is 4.79 Å². The number of likely N-dealkylation sites (N-methyl/N-ethyl adjacent to an activating group) is 1. The van der Waals surface area contributed by atoms with Crippen LogP contribution in [0.4, 0.5) is 5.69 Å². The lowest BCUT2D eigenvalue weighted by Gasteiger charge is -2.19. The van der Waals surface area contributed by atoms with Crippen LogP contribution in [0.3, 0.4) is 0 Å². The standard InChI is InChI=1S/C14H19N5O/c1-18-5-2-6-19(8-7-18)14(20)13-11-9-10(15)3-4-12(11)16-17-13/h3-4,9H,2,5-8,15H2,1H3,(H,16,17). The van der Waals surface area contributed by atoms with Gasteiger partial charge in [-0.2, -0.15) is 5.10 Å². The largest absolute Gasteiger partial charge is 0.399 e. The van der Waals surface area contributed by atoms with Crippen LogP contribution in [0.1, 0.15) is 16.9 Å². The number of benzene rings is 1. The molecule has 0 atom stereocenters. The lowest BCUT2D eigenvalue weighted by Crippen LogP contribution is -2.34. The van der Waals surface area contributed by atoms with E-state index >= 15 is 0 Å². The predicted molar refractivity (Wildman–Crippen MR) is 78.5 cm³/mol. The second kappa shape index (κ2) is 5.13. The molecule has 1 fully saturated rings. The van der Waals surface area contributed by atoms with Crippen LogP contribution in [-0.4, -0.2) is 59.1 Å². The van der Waals surface area contributed by atoms with Crippen molar-refractivity contribution >= 4 is 22.5 Å². The molecule has 2 heterocycles. The third-order valence-corrected chi connectivity index (χ3v) is 3.80. The first-order valence-corrected chi connectivity index (χ1v) is 6.86. The van der Waals surface area contributed by atoms with Crippen molar-refractivity contribution in [2.75, 3.05) is 39.0 Å². The van der Waals surface area contributed by atoms with Crippen molar-refractivity contribution in [3.05, 3.63) is 23.9 Å². The van der Waals surface area contributed by atoms with Gasteiger partial charge in [0.2, 0.25) is 0 Å². The Morgan fingerprint density at radius 2 is 2.15 bits per heavy atom. The summed E-state index contributed by atoms with van der Waals surface area (Å²) in [7, 11) is 2.08. The molecule has 1 aliphatic rings. The van der Waals surface area contributed by atoms with Gasteiger partial charge in [0.15, 0.2) is 5.69 Å². The lowest BCUT2D eigenvalue weighted by molar-refractivity contribution is 0.0759.